The first-order valence-corrected chi connectivity index (χ1v) is 9.75. The fraction of sp³-hybridized carbons (Fsp3) is 0.389. The molecule has 1 aliphatic carbocycles. The Morgan fingerprint density at radius 1 is 1.27 bits per heavy atom. The molecule has 1 amide bonds. The highest BCUT2D eigenvalue weighted by Crippen LogP contribution is 2.36. The van der Waals surface area contributed by atoms with E-state index in [4.69, 9.17) is 4.42 Å². The molecule has 6 nitrogen and oxygen atoms in total. The summed E-state index contributed by atoms with van der Waals surface area (Å²) in [6.07, 6.45) is 3.29. The number of sulfonamides is 1. The molecular weight excluding hydrogens is 359 g/mol. The molecule has 140 valence electrons. The van der Waals surface area contributed by atoms with Crippen LogP contribution in [0.25, 0.3) is 0 Å². The SMILES string of the molecule is CC(c1ccco1)N(C(=O)c1ccc(F)c(S(=O)(=O)N(C)C)c1)C1CC1. The minimum atomic E-state index is -3.99. The lowest BCUT2D eigenvalue weighted by Crippen LogP contribution is -2.35. The fourth-order valence-corrected chi connectivity index (χ4v) is 3.84. The van der Waals surface area contributed by atoms with E-state index in [0.29, 0.717) is 5.76 Å². The number of rotatable bonds is 6. The van der Waals surface area contributed by atoms with Crippen LogP contribution >= 0.6 is 0 Å². The lowest BCUT2D eigenvalue weighted by molar-refractivity contribution is 0.0652. The van der Waals surface area contributed by atoms with Crippen LogP contribution in [0, 0.1) is 5.82 Å². The van der Waals surface area contributed by atoms with Gasteiger partial charge in [0.05, 0.1) is 12.3 Å². The van der Waals surface area contributed by atoms with Crippen molar-refractivity contribution < 1.29 is 22.0 Å². The monoisotopic (exact) mass is 380 g/mol. The molecule has 1 aromatic heterocycles. The molecule has 1 aromatic carbocycles. The lowest BCUT2D eigenvalue weighted by Gasteiger charge is -2.28. The largest absolute Gasteiger partial charge is 0.467 e. The third-order valence-corrected chi connectivity index (χ3v) is 6.31. The van der Waals surface area contributed by atoms with E-state index in [1.807, 2.05) is 6.92 Å². The zero-order chi connectivity index (χ0) is 19.1. The Labute approximate surface area is 152 Å². The fourth-order valence-electron chi connectivity index (χ4n) is 2.86. The molecule has 0 saturated heterocycles. The van der Waals surface area contributed by atoms with Crippen LogP contribution in [0.5, 0.6) is 0 Å². The van der Waals surface area contributed by atoms with E-state index in [1.54, 1.807) is 23.3 Å². The minimum Gasteiger partial charge on any atom is -0.467 e. The third-order valence-electron chi connectivity index (χ3n) is 4.48. The van der Waals surface area contributed by atoms with Crippen LogP contribution in [-0.4, -0.2) is 43.7 Å². The van der Waals surface area contributed by atoms with Gasteiger partial charge in [0.1, 0.15) is 16.5 Å². The molecule has 0 N–H and O–H groups in total. The minimum absolute atomic E-state index is 0.0709. The van der Waals surface area contributed by atoms with E-state index in [2.05, 4.69) is 0 Å². The molecule has 1 heterocycles. The zero-order valence-electron chi connectivity index (χ0n) is 14.8. The molecule has 3 rings (SSSR count). The molecule has 0 aliphatic heterocycles. The van der Waals surface area contributed by atoms with Gasteiger partial charge in [0.25, 0.3) is 5.91 Å². The molecule has 0 bridgehead atoms. The van der Waals surface area contributed by atoms with Crippen LogP contribution in [0.1, 0.15) is 41.9 Å². The van der Waals surface area contributed by atoms with Crippen LogP contribution in [0.15, 0.2) is 45.9 Å². The molecule has 0 radical (unpaired) electrons. The number of halogens is 1. The molecule has 1 aliphatic rings. The molecule has 1 unspecified atom stereocenters. The van der Waals surface area contributed by atoms with Crippen molar-refractivity contribution in [2.45, 2.75) is 36.7 Å². The van der Waals surface area contributed by atoms with Crippen molar-refractivity contribution in [3.8, 4) is 0 Å². The van der Waals surface area contributed by atoms with Gasteiger partial charge >= 0.3 is 0 Å². The second kappa shape index (κ2) is 6.85. The molecule has 1 saturated carbocycles. The van der Waals surface area contributed by atoms with E-state index in [9.17, 15) is 17.6 Å². The standard InChI is InChI=1S/C18H21FN2O4S/c1-12(16-5-4-10-25-16)21(14-7-8-14)18(22)13-6-9-15(19)17(11-13)26(23,24)20(2)3/h4-6,9-12,14H,7-8H2,1-3H3. The summed E-state index contributed by atoms with van der Waals surface area (Å²) < 4.78 is 45.1. The van der Waals surface area contributed by atoms with Gasteiger partial charge in [0.2, 0.25) is 10.0 Å². The Bertz CT molecular complexity index is 905. The highest BCUT2D eigenvalue weighted by Gasteiger charge is 2.38. The van der Waals surface area contributed by atoms with Gasteiger partial charge in [0.15, 0.2) is 0 Å². The smallest absolute Gasteiger partial charge is 0.254 e. The first-order chi connectivity index (χ1) is 12.2. The van der Waals surface area contributed by atoms with Crippen molar-refractivity contribution in [2.75, 3.05) is 14.1 Å². The Hall–Kier alpha value is -2.19. The van der Waals surface area contributed by atoms with E-state index in [1.165, 1.54) is 20.2 Å². The number of furan rings is 1. The Morgan fingerprint density at radius 3 is 2.50 bits per heavy atom. The van der Waals surface area contributed by atoms with Crippen molar-refractivity contribution >= 4 is 15.9 Å². The highest BCUT2D eigenvalue weighted by molar-refractivity contribution is 7.89. The number of hydrogen-bond acceptors (Lipinski definition) is 4. The first-order valence-electron chi connectivity index (χ1n) is 8.31. The van der Waals surface area contributed by atoms with E-state index < -0.39 is 20.7 Å². The van der Waals surface area contributed by atoms with Gasteiger partial charge < -0.3 is 9.32 Å². The summed E-state index contributed by atoms with van der Waals surface area (Å²) in [4.78, 5) is 14.3. The quantitative estimate of drug-likeness (QED) is 0.772. The second-order valence-electron chi connectivity index (χ2n) is 6.57. The summed E-state index contributed by atoms with van der Waals surface area (Å²) in [6, 6.07) is 6.76. The first kappa shape index (κ1) is 18.6. The summed E-state index contributed by atoms with van der Waals surface area (Å²) in [5.74, 6) is -0.576. The van der Waals surface area contributed by atoms with Crippen LogP contribution < -0.4 is 0 Å². The van der Waals surface area contributed by atoms with Crippen molar-refractivity contribution in [1.29, 1.82) is 0 Å². The van der Waals surface area contributed by atoms with Crippen molar-refractivity contribution in [3.05, 3.63) is 53.7 Å². The maximum atomic E-state index is 14.1. The molecular formula is C18H21FN2O4S. The van der Waals surface area contributed by atoms with Gasteiger partial charge in [0, 0.05) is 25.7 Å². The Kier molecular flexibility index (Phi) is 4.90. The van der Waals surface area contributed by atoms with E-state index in [-0.39, 0.29) is 23.6 Å². The molecule has 1 fully saturated rings. The average molecular weight is 380 g/mol. The van der Waals surface area contributed by atoms with Crippen LogP contribution in [0.4, 0.5) is 4.39 Å². The van der Waals surface area contributed by atoms with Gasteiger partial charge in [-0.05, 0) is 50.1 Å². The predicted octanol–water partition coefficient (Wildman–Crippen LogP) is 3.03. The van der Waals surface area contributed by atoms with Gasteiger partial charge in [-0.1, -0.05) is 0 Å². The summed E-state index contributed by atoms with van der Waals surface area (Å²) in [6.45, 7) is 1.86. The predicted molar refractivity (Wildman–Crippen MR) is 93.6 cm³/mol. The number of amides is 1. The topological polar surface area (TPSA) is 70.8 Å². The second-order valence-corrected chi connectivity index (χ2v) is 8.69. The van der Waals surface area contributed by atoms with Crippen molar-refractivity contribution in [3.63, 3.8) is 0 Å². The maximum absolute atomic E-state index is 14.1. The zero-order valence-corrected chi connectivity index (χ0v) is 15.7. The maximum Gasteiger partial charge on any atom is 0.254 e. The lowest BCUT2D eigenvalue weighted by atomic mass is 10.1. The molecule has 0 spiro atoms. The number of benzene rings is 1. The van der Waals surface area contributed by atoms with Crippen LogP contribution in [0.2, 0.25) is 0 Å². The summed E-state index contributed by atoms with van der Waals surface area (Å²) in [7, 11) is -1.35. The van der Waals surface area contributed by atoms with Crippen LogP contribution in [0.3, 0.4) is 0 Å². The van der Waals surface area contributed by atoms with Gasteiger partial charge in [-0.25, -0.2) is 17.1 Å². The third kappa shape index (κ3) is 3.39. The molecule has 2 aromatic rings. The van der Waals surface area contributed by atoms with Crippen LogP contribution in [-0.2, 0) is 10.0 Å². The number of nitrogens with zero attached hydrogens (tertiary/aromatic N) is 2. The summed E-state index contributed by atoms with van der Waals surface area (Å²) in [5, 5.41) is 0. The van der Waals surface area contributed by atoms with Gasteiger partial charge in [-0.2, -0.15) is 0 Å². The normalized spacial score (nSPS) is 15.9. The number of hydrogen-bond donors (Lipinski definition) is 0. The van der Waals surface area contributed by atoms with E-state index in [0.717, 1.165) is 29.3 Å². The summed E-state index contributed by atoms with van der Waals surface area (Å²) >= 11 is 0. The van der Waals surface area contributed by atoms with Crippen molar-refractivity contribution in [2.24, 2.45) is 0 Å². The average Bonchev–Trinajstić information content (AvgIpc) is 3.26. The van der Waals surface area contributed by atoms with Crippen molar-refractivity contribution in [1.82, 2.24) is 9.21 Å². The Morgan fingerprint density at radius 2 is 1.96 bits per heavy atom. The van der Waals surface area contributed by atoms with E-state index >= 15 is 0 Å². The highest BCUT2D eigenvalue weighted by atomic mass is 32.2. The molecule has 8 heteroatoms. The van der Waals surface area contributed by atoms with Gasteiger partial charge in [-0.3, -0.25) is 4.79 Å². The Balaban J connectivity index is 1.98. The summed E-state index contributed by atoms with van der Waals surface area (Å²) in [5.41, 5.74) is 0.136. The molecule has 26 heavy (non-hydrogen) atoms. The number of carbonyl (C=O) groups is 1. The number of carbonyl (C=O) groups excluding carboxylic acids is 1. The molecule has 1 atom stereocenters. The van der Waals surface area contributed by atoms with Gasteiger partial charge in [-0.15, -0.1) is 0 Å².